The monoisotopic (exact) mass is 777 g/mol. The van der Waals surface area contributed by atoms with E-state index in [1.54, 1.807) is 0 Å². The molecule has 0 aliphatic heterocycles. The molecular formula is C56H35N5. The fraction of sp³-hybridized carbons (Fsp3) is 0. The molecule has 3 heterocycles. The first-order chi connectivity index (χ1) is 30.2. The molecule has 5 nitrogen and oxygen atoms in total. The second kappa shape index (κ2) is 14.2. The van der Waals surface area contributed by atoms with Gasteiger partial charge in [-0.15, -0.1) is 0 Å². The van der Waals surface area contributed by atoms with Crippen molar-refractivity contribution in [1.29, 1.82) is 0 Å². The van der Waals surface area contributed by atoms with Crippen LogP contribution in [-0.4, -0.2) is 24.5 Å². The molecule has 0 saturated carbocycles. The van der Waals surface area contributed by atoms with Crippen molar-refractivity contribution >= 4 is 54.3 Å². The van der Waals surface area contributed by atoms with E-state index in [-0.39, 0.29) is 0 Å². The number of nitrogens with zero attached hydrogens (tertiary/aromatic N) is 5. The molecule has 5 heteroatoms. The highest BCUT2D eigenvalue weighted by Gasteiger charge is 2.19. The van der Waals surface area contributed by atoms with Crippen molar-refractivity contribution in [3.05, 3.63) is 212 Å². The molecule has 0 saturated heterocycles. The number of hydrogen-bond donors (Lipinski definition) is 0. The Morgan fingerprint density at radius 3 is 1.52 bits per heavy atom. The van der Waals surface area contributed by atoms with Crippen molar-refractivity contribution in [2.75, 3.05) is 0 Å². The number of fused-ring (bicyclic) bond motifs is 7. The quantitative estimate of drug-likeness (QED) is 0.158. The van der Waals surface area contributed by atoms with Crippen LogP contribution < -0.4 is 0 Å². The number of hydrogen-bond acceptors (Lipinski definition) is 4. The van der Waals surface area contributed by atoms with Crippen LogP contribution in [0.4, 0.5) is 0 Å². The van der Waals surface area contributed by atoms with E-state index in [0.717, 1.165) is 61.1 Å². The average Bonchev–Trinajstić information content (AvgIpc) is 3.66. The molecule has 0 radical (unpaired) electrons. The highest BCUT2D eigenvalue weighted by atomic mass is 15.0. The summed E-state index contributed by atoms with van der Waals surface area (Å²) < 4.78 is 2.42. The van der Waals surface area contributed by atoms with Gasteiger partial charge in [-0.3, -0.25) is 0 Å². The molecule has 0 unspecified atom stereocenters. The molecule has 9 aromatic carbocycles. The second-order valence-electron chi connectivity index (χ2n) is 15.5. The number of rotatable bonds is 6. The summed E-state index contributed by atoms with van der Waals surface area (Å²) in [6.07, 6.45) is 0. The topological polar surface area (TPSA) is 56.5 Å². The Bertz CT molecular complexity index is 3560. The van der Waals surface area contributed by atoms with E-state index in [1.807, 2.05) is 60.7 Å². The molecule has 284 valence electrons. The minimum absolute atomic E-state index is 0.630. The van der Waals surface area contributed by atoms with Gasteiger partial charge in [0.15, 0.2) is 17.5 Å². The highest BCUT2D eigenvalue weighted by molar-refractivity contribution is 6.20. The Morgan fingerprint density at radius 1 is 0.279 bits per heavy atom. The largest absolute Gasteiger partial charge is 0.309 e. The highest BCUT2D eigenvalue weighted by Crippen LogP contribution is 2.41. The van der Waals surface area contributed by atoms with Gasteiger partial charge < -0.3 is 4.57 Å². The van der Waals surface area contributed by atoms with Crippen molar-refractivity contribution < 1.29 is 0 Å². The zero-order valence-corrected chi connectivity index (χ0v) is 32.9. The summed E-state index contributed by atoms with van der Waals surface area (Å²) in [6, 6.07) is 74.7. The van der Waals surface area contributed by atoms with Crippen LogP contribution in [0.1, 0.15) is 0 Å². The molecule has 12 rings (SSSR count). The molecule has 0 N–H and O–H groups in total. The van der Waals surface area contributed by atoms with E-state index in [1.165, 1.54) is 38.0 Å². The molecule has 0 atom stereocenters. The number of para-hydroxylation sites is 1. The number of benzene rings is 9. The van der Waals surface area contributed by atoms with Gasteiger partial charge in [0, 0.05) is 49.5 Å². The average molecular weight is 778 g/mol. The van der Waals surface area contributed by atoms with Crippen LogP contribution in [0, 0.1) is 0 Å². The van der Waals surface area contributed by atoms with E-state index in [4.69, 9.17) is 19.9 Å². The van der Waals surface area contributed by atoms with Crippen LogP contribution in [0.25, 0.3) is 116 Å². The minimum Gasteiger partial charge on any atom is -0.309 e. The van der Waals surface area contributed by atoms with Gasteiger partial charge in [-0.05, 0) is 63.7 Å². The predicted molar refractivity (Wildman–Crippen MR) is 252 cm³/mol. The summed E-state index contributed by atoms with van der Waals surface area (Å²) in [5, 5.41) is 8.28. The van der Waals surface area contributed by atoms with Crippen LogP contribution in [-0.2, 0) is 0 Å². The molecular weight excluding hydrogens is 743 g/mol. The van der Waals surface area contributed by atoms with Crippen LogP contribution >= 0.6 is 0 Å². The Kier molecular flexibility index (Phi) is 8.10. The van der Waals surface area contributed by atoms with Crippen LogP contribution in [0.15, 0.2) is 212 Å². The fourth-order valence-corrected chi connectivity index (χ4v) is 8.81. The summed E-state index contributed by atoms with van der Waals surface area (Å²) in [7, 11) is 0. The third-order valence-corrected chi connectivity index (χ3v) is 11.8. The Labute approximate surface area is 351 Å². The van der Waals surface area contributed by atoms with Crippen molar-refractivity contribution in [3.63, 3.8) is 0 Å². The molecule has 0 aliphatic rings. The first-order valence-electron chi connectivity index (χ1n) is 20.5. The molecule has 0 amide bonds. The summed E-state index contributed by atoms with van der Waals surface area (Å²) in [4.78, 5) is 20.2. The van der Waals surface area contributed by atoms with Crippen molar-refractivity contribution in [2.24, 2.45) is 0 Å². The Morgan fingerprint density at radius 2 is 0.836 bits per heavy atom. The third-order valence-electron chi connectivity index (χ3n) is 11.8. The molecule has 0 fully saturated rings. The molecule has 0 spiro atoms. The van der Waals surface area contributed by atoms with Gasteiger partial charge in [0.2, 0.25) is 0 Å². The summed E-state index contributed by atoms with van der Waals surface area (Å²) in [6.45, 7) is 0. The minimum atomic E-state index is 0.630. The summed E-state index contributed by atoms with van der Waals surface area (Å²) in [5.41, 5.74) is 11.5. The fourth-order valence-electron chi connectivity index (χ4n) is 8.81. The van der Waals surface area contributed by atoms with Gasteiger partial charge in [0.1, 0.15) is 0 Å². The van der Waals surface area contributed by atoms with E-state index in [9.17, 15) is 0 Å². The second-order valence-corrected chi connectivity index (χ2v) is 15.5. The van der Waals surface area contributed by atoms with Gasteiger partial charge in [-0.1, -0.05) is 176 Å². The first-order valence-corrected chi connectivity index (χ1v) is 20.5. The smallest absolute Gasteiger partial charge is 0.164 e. The Balaban J connectivity index is 1.01. The number of pyridine rings is 1. The zero-order chi connectivity index (χ0) is 40.3. The lowest BCUT2D eigenvalue weighted by Gasteiger charge is -2.14. The van der Waals surface area contributed by atoms with Gasteiger partial charge in [0.25, 0.3) is 0 Å². The standard InChI is InChI=1S/C56H35N5/c1-4-15-38(16-5-1)53-49-34-48-46-22-12-13-23-51(46)61(44-30-28-36-14-10-11-21-42(36)32-44)52(48)35-47(49)45-31-29-43(33-50(45)57-53)37-24-26-41(27-25-37)56-59-54(39-17-6-2-7-18-39)58-55(60-56)40-19-8-3-9-20-40/h1-35H. The molecule has 0 aliphatic carbocycles. The van der Waals surface area contributed by atoms with Crippen molar-refractivity contribution in [3.8, 4) is 62.2 Å². The van der Waals surface area contributed by atoms with Crippen LogP contribution in [0.2, 0.25) is 0 Å². The number of aromatic nitrogens is 5. The normalized spacial score (nSPS) is 11.6. The van der Waals surface area contributed by atoms with E-state index < -0.39 is 0 Å². The predicted octanol–water partition coefficient (Wildman–Crippen LogP) is 14.2. The zero-order valence-electron chi connectivity index (χ0n) is 32.9. The van der Waals surface area contributed by atoms with Gasteiger partial charge in [0.05, 0.1) is 22.2 Å². The summed E-state index contributed by atoms with van der Waals surface area (Å²) in [5.74, 6) is 1.92. The molecule has 61 heavy (non-hydrogen) atoms. The maximum absolute atomic E-state index is 5.45. The maximum atomic E-state index is 5.45. The lowest BCUT2D eigenvalue weighted by molar-refractivity contribution is 1.07. The third kappa shape index (κ3) is 6.02. The summed E-state index contributed by atoms with van der Waals surface area (Å²) >= 11 is 0. The van der Waals surface area contributed by atoms with Crippen LogP contribution in [0.5, 0.6) is 0 Å². The van der Waals surface area contributed by atoms with Gasteiger partial charge in [-0.2, -0.15) is 0 Å². The first kappa shape index (κ1) is 34.7. The molecule has 12 aromatic rings. The van der Waals surface area contributed by atoms with Gasteiger partial charge >= 0.3 is 0 Å². The van der Waals surface area contributed by atoms with Crippen LogP contribution in [0.3, 0.4) is 0 Å². The maximum Gasteiger partial charge on any atom is 0.164 e. The molecule has 0 bridgehead atoms. The molecule has 3 aromatic heterocycles. The SMILES string of the molecule is c1ccc(-c2nc(-c3ccccc3)nc(-c3ccc(-c4ccc5c(c4)nc(-c4ccccc4)c4cc6c7ccccc7n(-c7ccc8ccccc8c7)c6cc45)cc3)n2)cc1. The van der Waals surface area contributed by atoms with Gasteiger partial charge in [-0.25, -0.2) is 19.9 Å². The van der Waals surface area contributed by atoms with Crippen molar-refractivity contribution in [2.45, 2.75) is 0 Å². The van der Waals surface area contributed by atoms with Crippen molar-refractivity contribution in [1.82, 2.24) is 24.5 Å². The van der Waals surface area contributed by atoms with E-state index in [2.05, 4.69) is 156 Å². The van der Waals surface area contributed by atoms with E-state index >= 15 is 0 Å². The van der Waals surface area contributed by atoms with E-state index in [0.29, 0.717) is 17.5 Å². The lowest BCUT2D eigenvalue weighted by atomic mass is 9.96. The lowest BCUT2D eigenvalue weighted by Crippen LogP contribution is -2.00. The Hall–Kier alpha value is -8.28.